The molecule has 0 saturated carbocycles. The molecule has 4 bridgehead atoms. The highest BCUT2D eigenvalue weighted by Gasteiger charge is 2.62. The van der Waals surface area contributed by atoms with Gasteiger partial charge in [0, 0.05) is 37.3 Å². The number of aromatic amines is 1. The van der Waals surface area contributed by atoms with Gasteiger partial charge in [0.25, 0.3) is 5.56 Å². The zero-order valence-electron chi connectivity index (χ0n) is 14.9. The molecule has 0 radical (unpaired) electrons. The van der Waals surface area contributed by atoms with Gasteiger partial charge in [-0.05, 0) is 30.0 Å². The van der Waals surface area contributed by atoms with Crippen molar-refractivity contribution in [2.75, 3.05) is 26.2 Å². The van der Waals surface area contributed by atoms with Crippen molar-refractivity contribution in [1.29, 1.82) is 0 Å². The van der Waals surface area contributed by atoms with E-state index in [1.807, 2.05) is 19.1 Å². The number of nitrogens with zero attached hydrogens (tertiary/aromatic N) is 2. The Morgan fingerprint density at radius 2 is 1.60 bits per heavy atom. The number of pyridine rings is 1. The van der Waals surface area contributed by atoms with Crippen molar-refractivity contribution in [2.24, 2.45) is 10.8 Å². The molecule has 130 valence electrons. The molecule has 5 heteroatoms. The second-order valence-electron chi connectivity index (χ2n) is 8.78. The van der Waals surface area contributed by atoms with Gasteiger partial charge in [-0.25, -0.2) is 0 Å². The van der Waals surface area contributed by atoms with Crippen LogP contribution in [0.5, 0.6) is 0 Å². The molecule has 25 heavy (non-hydrogen) atoms. The number of carbonyl (C=O) groups excluding carboxylic acids is 1. The predicted octanol–water partition coefficient (Wildman–Crippen LogP) is 2.06. The van der Waals surface area contributed by atoms with Crippen LogP contribution in [0.2, 0.25) is 0 Å². The van der Waals surface area contributed by atoms with Crippen LogP contribution in [-0.4, -0.2) is 46.7 Å². The predicted molar refractivity (Wildman–Crippen MR) is 96.4 cm³/mol. The van der Waals surface area contributed by atoms with Crippen LogP contribution in [0.4, 0.5) is 0 Å². The number of carbonyl (C=O) groups is 1. The number of benzene rings is 1. The Kier molecular flexibility index (Phi) is 2.81. The molecule has 1 N–H and O–H groups in total. The van der Waals surface area contributed by atoms with E-state index < -0.39 is 0 Å². The van der Waals surface area contributed by atoms with E-state index in [1.165, 1.54) is 0 Å². The largest absolute Gasteiger partial charge is 0.322 e. The second-order valence-corrected chi connectivity index (χ2v) is 8.78. The molecule has 0 aliphatic carbocycles. The van der Waals surface area contributed by atoms with Crippen molar-refractivity contribution in [3.05, 3.63) is 45.7 Å². The van der Waals surface area contributed by atoms with E-state index >= 15 is 0 Å². The summed E-state index contributed by atoms with van der Waals surface area (Å²) in [6, 6.07) is 8.19. The molecule has 0 atom stereocenters. The van der Waals surface area contributed by atoms with Gasteiger partial charge in [-0.15, -0.1) is 0 Å². The fraction of sp³-hybridized carbons (Fsp3) is 0.500. The van der Waals surface area contributed by atoms with Crippen LogP contribution in [-0.2, 0) is 4.79 Å². The number of piperidine rings is 2. The standard InChI is InChI=1S/C20H23N3O2/c1-12-4-5-13-7-14(16(24)21-15(13)6-12)17-22-8-19(2)9-23(17)11-20(3,10-22)18(19)25/h4-7,17H,8-11H2,1-3H3,(H,21,24). The Balaban J connectivity index is 1.63. The van der Waals surface area contributed by atoms with Gasteiger partial charge in [0.1, 0.15) is 5.78 Å². The number of hydrogen-bond donors (Lipinski definition) is 1. The molecule has 4 fully saturated rings. The normalized spacial score (nSPS) is 39.3. The quantitative estimate of drug-likeness (QED) is 0.865. The molecule has 4 aliphatic rings. The first-order valence-electron chi connectivity index (χ1n) is 8.96. The van der Waals surface area contributed by atoms with E-state index in [1.54, 1.807) is 0 Å². The lowest BCUT2D eigenvalue weighted by Crippen LogP contribution is -2.75. The molecule has 6 rings (SSSR count). The summed E-state index contributed by atoms with van der Waals surface area (Å²) in [7, 11) is 0. The number of H-pyrrole nitrogens is 1. The van der Waals surface area contributed by atoms with Gasteiger partial charge in [0.15, 0.2) is 0 Å². The summed E-state index contributed by atoms with van der Waals surface area (Å²) >= 11 is 0. The summed E-state index contributed by atoms with van der Waals surface area (Å²) in [6.45, 7) is 9.16. The highest BCUT2D eigenvalue weighted by Crippen LogP contribution is 2.51. The Labute approximate surface area is 146 Å². The third-order valence-electron chi connectivity index (χ3n) is 6.30. The van der Waals surface area contributed by atoms with Gasteiger partial charge in [0.05, 0.1) is 17.0 Å². The topological polar surface area (TPSA) is 56.4 Å². The van der Waals surface area contributed by atoms with E-state index in [0.29, 0.717) is 5.78 Å². The molecule has 5 heterocycles. The molecular formula is C20H23N3O2. The number of fused-ring (bicyclic) bond motifs is 1. The molecule has 1 aromatic carbocycles. The minimum atomic E-state index is -0.303. The summed E-state index contributed by atoms with van der Waals surface area (Å²) < 4.78 is 0. The van der Waals surface area contributed by atoms with Gasteiger partial charge in [0.2, 0.25) is 0 Å². The highest BCUT2D eigenvalue weighted by molar-refractivity contribution is 5.92. The van der Waals surface area contributed by atoms with Gasteiger partial charge in [-0.1, -0.05) is 26.0 Å². The lowest BCUT2D eigenvalue weighted by molar-refractivity contribution is -0.197. The van der Waals surface area contributed by atoms with Crippen molar-refractivity contribution in [2.45, 2.75) is 26.9 Å². The minimum absolute atomic E-state index is 0.0165. The summed E-state index contributed by atoms with van der Waals surface area (Å²) in [5, 5.41) is 1.06. The van der Waals surface area contributed by atoms with E-state index in [9.17, 15) is 9.59 Å². The van der Waals surface area contributed by atoms with Gasteiger partial charge < -0.3 is 4.98 Å². The number of hydrogen-bond acceptors (Lipinski definition) is 4. The van der Waals surface area contributed by atoms with Crippen LogP contribution in [0.1, 0.15) is 31.1 Å². The average molecular weight is 337 g/mol. The molecule has 5 nitrogen and oxygen atoms in total. The van der Waals surface area contributed by atoms with E-state index in [2.05, 4.69) is 40.8 Å². The van der Waals surface area contributed by atoms with Crippen LogP contribution < -0.4 is 5.56 Å². The molecule has 4 aliphatic heterocycles. The molecule has 0 amide bonds. The number of aromatic nitrogens is 1. The summed E-state index contributed by atoms with van der Waals surface area (Å²) in [5.74, 6) is 0.397. The van der Waals surface area contributed by atoms with E-state index in [0.717, 1.165) is 48.2 Å². The lowest BCUT2D eigenvalue weighted by atomic mass is 9.62. The number of rotatable bonds is 1. The zero-order chi connectivity index (χ0) is 17.6. The highest BCUT2D eigenvalue weighted by atomic mass is 16.1. The molecule has 4 saturated heterocycles. The molecule has 0 unspecified atom stereocenters. The Hall–Kier alpha value is -1.98. The van der Waals surface area contributed by atoms with Crippen LogP contribution in [0.25, 0.3) is 10.9 Å². The van der Waals surface area contributed by atoms with Crippen molar-refractivity contribution >= 4 is 16.7 Å². The van der Waals surface area contributed by atoms with E-state index in [-0.39, 0.29) is 22.6 Å². The number of Topliss-reactive ketones (excluding diaryl/α,β-unsaturated/α-hetero) is 1. The number of ketones is 1. The Bertz CT molecular complexity index is 937. The Morgan fingerprint density at radius 3 is 2.20 bits per heavy atom. The van der Waals surface area contributed by atoms with Crippen molar-refractivity contribution in [3.63, 3.8) is 0 Å². The first-order valence-corrected chi connectivity index (χ1v) is 8.96. The van der Waals surface area contributed by atoms with Crippen molar-refractivity contribution in [3.8, 4) is 0 Å². The number of aryl methyl sites for hydroxylation is 1. The van der Waals surface area contributed by atoms with E-state index in [4.69, 9.17) is 0 Å². The van der Waals surface area contributed by atoms with Gasteiger partial charge >= 0.3 is 0 Å². The molecular weight excluding hydrogens is 314 g/mol. The molecule has 0 spiro atoms. The first kappa shape index (κ1) is 15.3. The maximum absolute atomic E-state index is 12.8. The zero-order valence-corrected chi connectivity index (χ0v) is 14.9. The minimum Gasteiger partial charge on any atom is -0.322 e. The second kappa shape index (κ2) is 4.59. The van der Waals surface area contributed by atoms with Crippen molar-refractivity contribution < 1.29 is 4.79 Å². The third kappa shape index (κ3) is 1.96. The monoisotopic (exact) mass is 337 g/mol. The summed E-state index contributed by atoms with van der Waals surface area (Å²) in [5.41, 5.74) is 2.20. The lowest BCUT2D eigenvalue weighted by Gasteiger charge is -2.64. The van der Waals surface area contributed by atoms with Crippen LogP contribution >= 0.6 is 0 Å². The first-order chi connectivity index (χ1) is 11.8. The van der Waals surface area contributed by atoms with Crippen molar-refractivity contribution in [1.82, 2.24) is 14.8 Å². The summed E-state index contributed by atoms with van der Waals surface area (Å²) in [6.07, 6.45) is -0.0243. The maximum Gasteiger partial charge on any atom is 0.254 e. The fourth-order valence-electron chi connectivity index (χ4n) is 5.51. The van der Waals surface area contributed by atoms with Crippen LogP contribution in [0, 0.1) is 17.8 Å². The molecule has 2 aromatic rings. The number of nitrogens with one attached hydrogen (secondary N) is 1. The van der Waals surface area contributed by atoms with Gasteiger partial charge in [-0.2, -0.15) is 0 Å². The third-order valence-corrected chi connectivity index (χ3v) is 6.30. The Morgan fingerprint density at radius 1 is 1.00 bits per heavy atom. The molecule has 1 aromatic heterocycles. The average Bonchev–Trinajstić information content (AvgIpc) is 2.51. The van der Waals surface area contributed by atoms with Crippen LogP contribution in [0.3, 0.4) is 0 Å². The maximum atomic E-state index is 12.8. The SMILES string of the molecule is Cc1ccc2cc(C3N4CC5(C)CN3CC(C)(C4)C5=O)c(=O)[nH]c2c1. The van der Waals surface area contributed by atoms with Crippen LogP contribution in [0.15, 0.2) is 29.1 Å². The fourth-order valence-corrected chi connectivity index (χ4v) is 5.51. The smallest absolute Gasteiger partial charge is 0.254 e. The summed E-state index contributed by atoms with van der Waals surface area (Å²) in [4.78, 5) is 33.4. The van der Waals surface area contributed by atoms with Gasteiger partial charge in [-0.3, -0.25) is 19.4 Å².